The summed E-state index contributed by atoms with van der Waals surface area (Å²) in [5.74, 6) is 1.51. The predicted octanol–water partition coefficient (Wildman–Crippen LogP) is 2.35. The third kappa shape index (κ3) is 5.50. The first-order chi connectivity index (χ1) is 7.37. The lowest BCUT2D eigenvalue weighted by molar-refractivity contribution is -0.130. The third-order valence-electron chi connectivity index (χ3n) is 3.03. The molecule has 3 heteroatoms. The Morgan fingerprint density at radius 2 is 2.06 bits per heavy atom. The summed E-state index contributed by atoms with van der Waals surface area (Å²) in [5.41, 5.74) is -0.237. The highest BCUT2D eigenvalue weighted by Crippen LogP contribution is 2.29. The van der Waals surface area contributed by atoms with Crippen molar-refractivity contribution in [2.75, 3.05) is 13.2 Å². The molecule has 0 aromatic carbocycles. The largest absolute Gasteiger partial charge is 0.366 e. The van der Waals surface area contributed by atoms with Crippen molar-refractivity contribution in [3.8, 4) is 0 Å². The average molecular weight is 227 g/mol. The molecule has 94 valence electrons. The lowest BCUT2D eigenvalue weighted by atomic mass is 10.1. The van der Waals surface area contributed by atoms with Crippen LogP contribution in [0.15, 0.2) is 0 Å². The molecule has 1 N–H and O–H groups in total. The number of carbonyl (C=O) groups is 1. The summed E-state index contributed by atoms with van der Waals surface area (Å²) in [7, 11) is 0. The number of ether oxygens (including phenoxy) is 1. The molecule has 16 heavy (non-hydrogen) atoms. The van der Waals surface area contributed by atoms with Crippen LogP contribution in [0.1, 0.15) is 47.0 Å². The molecule has 1 aliphatic rings. The number of hydrogen-bond donors (Lipinski definition) is 1. The van der Waals surface area contributed by atoms with E-state index in [1.807, 2.05) is 20.8 Å². The molecule has 3 nitrogen and oxygen atoms in total. The van der Waals surface area contributed by atoms with Crippen LogP contribution in [0.5, 0.6) is 0 Å². The van der Waals surface area contributed by atoms with Crippen LogP contribution < -0.4 is 5.32 Å². The molecule has 0 spiro atoms. The molecule has 0 heterocycles. The second-order valence-electron chi connectivity index (χ2n) is 5.99. The van der Waals surface area contributed by atoms with Gasteiger partial charge in [-0.05, 0) is 45.4 Å². The Balaban J connectivity index is 2.11. The summed E-state index contributed by atoms with van der Waals surface area (Å²) in [6.45, 7) is 9.14. The van der Waals surface area contributed by atoms with E-state index >= 15 is 0 Å². The number of carbonyl (C=O) groups excluding carboxylic acids is 1. The van der Waals surface area contributed by atoms with E-state index in [1.54, 1.807) is 0 Å². The van der Waals surface area contributed by atoms with Crippen LogP contribution in [0.3, 0.4) is 0 Å². The predicted molar refractivity (Wildman–Crippen MR) is 65.2 cm³/mol. The zero-order chi connectivity index (χ0) is 12.2. The van der Waals surface area contributed by atoms with Gasteiger partial charge in [0.25, 0.3) is 0 Å². The average Bonchev–Trinajstić information content (AvgIpc) is 2.57. The van der Waals surface area contributed by atoms with Crippen LogP contribution in [0.2, 0.25) is 0 Å². The van der Waals surface area contributed by atoms with Crippen molar-refractivity contribution in [3.05, 3.63) is 0 Å². The standard InChI is InChI=1S/C13H25NO2/c1-10-5-6-11(7-10)8-14-12(15)9-16-13(2,3)4/h10-11H,5-9H2,1-4H3,(H,14,15). The van der Waals surface area contributed by atoms with Gasteiger partial charge >= 0.3 is 0 Å². The van der Waals surface area contributed by atoms with Crippen molar-refractivity contribution in [2.24, 2.45) is 11.8 Å². The molecule has 2 unspecified atom stereocenters. The second kappa shape index (κ2) is 5.67. The molecule has 0 aliphatic heterocycles. The summed E-state index contributed by atoms with van der Waals surface area (Å²) in [6.07, 6.45) is 3.81. The molecule has 2 atom stereocenters. The molecule has 0 aromatic rings. The van der Waals surface area contributed by atoms with Gasteiger partial charge in [0.15, 0.2) is 0 Å². The lowest BCUT2D eigenvalue weighted by Gasteiger charge is -2.19. The normalized spacial score (nSPS) is 25.8. The summed E-state index contributed by atoms with van der Waals surface area (Å²) in [4.78, 5) is 11.5. The molecule has 1 saturated carbocycles. The number of hydrogen-bond acceptors (Lipinski definition) is 2. The Bertz CT molecular complexity index is 233. The monoisotopic (exact) mass is 227 g/mol. The third-order valence-corrected chi connectivity index (χ3v) is 3.03. The molecule has 1 amide bonds. The van der Waals surface area contributed by atoms with Gasteiger partial charge in [-0.2, -0.15) is 0 Å². The van der Waals surface area contributed by atoms with E-state index in [1.165, 1.54) is 19.3 Å². The fraction of sp³-hybridized carbons (Fsp3) is 0.923. The minimum absolute atomic E-state index is 0.00878. The first-order valence-electron chi connectivity index (χ1n) is 6.27. The van der Waals surface area contributed by atoms with Gasteiger partial charge in [0.1, 0.15) is 6.61 Å². The smallest absolute Gasteiger partial charge is 0.246 e. The molecule has 1 rings (SSSR count). The van der Waals surface area contributed by atoms with E-state index in [0.29, 0.717) is 5.92 Å². The number of nitrogens with one attached hydrogen (secondary N) is 1. The summed E-state index contributed by atoms with van der Waals surface area (Å²) >= 11 is 0. The Kier molecular flexibility index (Phi) is 4.78. The molecule has 0 saturated heterocycles. The van der Waals surface area contributed by atoms with E-state index in [9.17, 15) is 4.79 Å². The van der Waals surface area contributed by atoms with Gasteiger partial charge in [0.05, 0.1) is 5.60 Å². The molecule has 0 bridgehead atoms. The number of rotatable bonds is 4. The van der Waals surface area contributed by atoms with Crippen molar-refractivity contribution in [2.45, 2.75) is 52.6 Å². The molecule has 0 aromatic heterocycles. The Morgan fingerprint density at radius 1 is 1.38 bits per heavy atom. The maximum absolute atomic E-state index is 11.5. The van der Waals surface area contributed by atoms with E-state index in [-0.39, 0.29) is 18.1 Å². The quantitative estimate of drug-likeness (QED) is 0.800. The SMILES string of the molecule is CC1CCC(CNC(=O)COC(C)(C)C)C1. The topological polar surface area (TPSA) is 38.3 Å². The lowest BCUT2D eigenvalue weighted by Crippen LogP contribution is -2.34. The highest BCUT2D eigenvalue weighted by atomic mass is 16.5. The summed E-state index contributed by atoms with van der Waals surface area (Å²) in [5, 5.41) is 2.95. The van der Waals surface area contributed by atoms with Crippen LogP contribution >= 0.6 is 0 Å². The Labute approximate surface area is 98.9 Å². The second-order valence-corrected chi connectivity index (χ2v) is 5.99. The van der Waals surface area contributed by atoms with Gasteiger partial charge in [-0.25, -0.2) is 0 Å². The highest BCUT2D eigenvalue weighted by Gasteiger charge is 2.21. The van der Waals surface area contributed by atoms with E-state index in [2.05, 4.69) is 12.2 Å². The molecule has 1 fully saturated rings. The molecule has 1 aliphatic carbocycles. The van der Waals surface area contributed by atoms with E-state index in [0.717, 1.165) is 12.5 Å². The maximum atomic E-state index is 11.5. The van der Waals surface area contributed by atoms with Gasteiger partial charge in [-0.3, -0.25) is 4.79 Å². The van der Waals surface area contributed by atoms with Crippen LogP contribution in [0.25, 0.3) is 0 Å². The Morgan fingerprint density at radius 3 is 2.56 bits per heavy atom. The summed E-state index contributed by atoms with van der Waals surface area (Å²) < 4.78 is 5.42. The van der Waals surface area contributed by atoms with Crippen molar-refractivity contribution in [1.82, 2.24) is 5.32 Å². The van der Waals surface area contributed by atoms with Crippen LogP contribution in [0.4, 0.5) is 0 Å². The zero-order valence-electron chi connectivity index (χ0n) is 11.0. The van der Waals surface area contributed by atoms with Crippen LogP contribution in [-0.4, -0.2) is 24.7 Å². The van der Waals surface area contributed by atoms with Crippen molar-refractivity contribution < 1.29 is 9.53 Å². The first-order valence-corrected chi connectivity index (χ1v) is 6.27. The molecular formula is C13H25NO2. The summed E-state index contributed by atoms with van der Waals surface area (Å²) in [6, 6.07) is 0. The van der Waals surface area contributed by atoms with Crippen molar-refractivity contribution in [3.63, 3.8) is 0 Å². The molecule has 0 radical (unpaired) electrons. The van der Waals surface area contributed by atoms with Crippen molar-refractivity contribution >= 4 is 5.91 Å². The van der Waals surface area contributed by atoms with E-state index < -0.39 is 0 Å². The highest BCUT2D eigenvalue weighted by molar-refractivity contribution is 5.77. The minimum atomic E-state index is -0.237. The van der Waals surface area contributed by atoms with E-state index in [4.69, 9.17) is 4.74 Å². The van der Waals surface area contributed by atoms with Gasteiger partial charge in [0, 0.05) is 6.54 Å². The van der Waals surface area contributed by atoms with Gasteiger partial charge < -0.3 is 10.1 Å². The fourth-order valence-electron chi connectivity index (χ4n) is 2.10. The van der Waals surface area contributed by atoms with Gasteiger partial charge in [-0.1, -0.05) is 13.3 Å². The number of amides is 1. The van der Waals surface area contributed by atoms with Crippen LogP contribution in [-0.2, 0) is 9.53 Å². The fourth-order valence-corrected chi connectivity index (χ4v) is 2.10. The maximum Gasteiger partial charge on any atom is 0.246 e. The molecular weight excluding hydrogens is 202 g/mol. The minimum Gasteiger partial charge on any atom is -0.366 e. The Hall–Kier alpha value is -0.570. The zero-order valence-corrected chi connectivity index (χ0v) is 11.0. The van der Waals surface area contributed by atoms with Crippen LogP contribution in [0, 0.1) is 11.8 Å². The van der Waals surface area contributed by atoms with Gasteiger partial charge in [-0.15, -0.1) is 0 Å². The van der Waals surface area contributed by atoms with Gasteiger partial charge in [0.2, 0.25) is 5.91 Å². The van der Waals surface area contributed by atoms with Crippen molar-refractivity contribution in [1.29, 1.82) is 0 Å². The first kappa shape index (κ1) is 13.5.